The molecule has 3 aromatic rings. The van der Waals surface area contributed by atoms with Gasteiger partial charge in [-0.15, -0.1) is 0 Å². The summed E-state index contributed by atoms with van der Waals surface area (Å²) in [4.78, 5) is 13.2. The van der Waals surface area contributed by atoms with Gasteiger partial charge in [-0.1, -0.05) is 61.5 Å². The minimum Gasteiger partial charge on any atom is -0.454 e. The molecule has 0 atom stereocenters. The highest BCUT2D eigenvalue weighted by atomic mass is 16.7. The summed E-state index contributed by atoms with van der Waals surface area (Å²) in [5.41, 5.74) is 5.50. The summed E-state index contributed by atoms with van der Waals surface area (Å²) in [6, 6.07) is 23.0. The quantitative estimate of drug-likeness (QED) is 0.564. The predicted molar refractivity (Wildman–Crippen MR) is 113 cm³/mol. The van der Waals surface area contributed by atoms with E-state index in [9.17, 15) is 4.79 Å². The molecule has 0 aromatic heterocycles. The van der Waals surface area contributed by atoms with Gasteiger partial charge in [-0.25, -0.2) is 0 Å². The molecule has 29 heavy (non-hydrogen) atoms. The molecule has 146 valence electrons. The Balaban J connectivity index is 1.31. The Morgan fingerprint density at radius 2 is 1.45 bits per heavy atom. The number of rotatable bonds is 6. The van der Waals surface area contributed by atoms with Crippen LogP contribution in [0.3, 0.4) is 0 Å². The van der Waals surface area contributed by atoms with Crippen molar-refractivity contribution >= 4 is 5.78 Å². The second kappa shape index (κ2) is 7.07. The maximum atomic E-state index is 13.2. The molecule has 1 aliphatic heterocycles. The highest BCUT2D eigenvalue weighted by Gasteiger charge is 2.50. The van der Waals surface area contributed by atoms with E-state index in [-0.39, 0.29) is 18.0 Å². The molecule has 0 N–H and O–H groups in total. The Morgan fingerprint density at radius 1 is 0.828 bits per heavy atom. The van der Waals surface area contributed by atoms with Gasteiger partial charge in [0, 0.05) is 6.42 Å². The minimum atomic E-state index is -0.352. The van der Waals surface area contributed by atoms with E-state index in [1.807, 2.05) is 18.2 Å². The number of Topliss-reactive ketones (excluding diaryl/α,β-unsaturated/α-hetero) is 1. The average molecular weight is 384 g/mol. The van der Waals surface area contributed by atoms with Crippen molar-refractivity contribution in [2.45, 2.75) is 38.0 Å². The van der Waals surface area contributed by atoms with Gasteiger partial charge >= 0.3 is 0 Å². The van der Waals surface area contributed by atoms with Crippen molar-refractivity contribution in [2.75, 3.05) is 6.79 Å². The van der Waals surface area contributed by atoms with Gasteiger partial charge in [0.1, 0.15) is 5.78 Å². The Labute approximate surface area is 171 Å². The van der Waals surface area contributed by atoms with Crippen LogP contribution in [0.15, 0.2) is 66.7 Å². The summed E-state index contributed by atoms with van der Waals surface area (Å²) in [5, 5.41) is 0. The van der Waals surface area contributed by atoms with Gasteiger partial charge in [-0.2, -0.15) is 0 Å². The summed E-state index contributed by atoms with van der Waals surface area (Å²) in [6.45, 7) is 2.42. The van der Waals surface area contributed by atoms with Crippen molar-refractivity contribution in [3.8, 4) is 22.6 Å². The van der Waals surface area contributed by atoms with Crippen LogP contribution in [0.5, 0.6) is 11.5 Å². The van der Waals surface area contributed by atoms with Crippen molar-refractivity contribution in [3.63, 3.8) is 0 Å². The van der Waals surface area contributed by atoms with Crippen LogP contribution in [0.2, 0.25) is 0 Å². The van der Waals surface area contributed by atoms with Gasteiger partial charge in [-0.05, 0) is 59.2 Å². The summed E-state index contributed by atoms with van der Waals surface area (Å²) < 4.78 is 10.9. The van der Waals surface area contributed by atoms with E-state index in [0.717, 1.165) is 41.9 Å². The van der Waals surface area contributed by atoms with Crippen molar-refractivity contribution in [2.24, 2.45) is 0 Å². The van der Waals surface area contributed by atoms with E-state index < -0.39 is 0 Å². The summed E-state index contributed by atoms with van der Waals surface area (Å²) in [5.74, 6) is 1.80. The number of ether oxygens (including phenoxy) is 2. The topological polar surface area (TPSA) is 35.5 Å². The largest absolute Gasteiger partial charge is 0.454 e. The van der Waals surface area contributed by atoms with Crippen LogP contribution in [0.1, 0.15) is 36.5 Å². The third-order valence-corrected chi connectivity index (χ3v) is 6.22. The molecule has 1 aliphatic carbocycles. The van der Waals surface area contributed by atoms with E-state index in [1.54, 1.807) is 0 Å². The molecule has 3 aromatic carbocycles. The van der Waals surface area contributed by atoms with Gasteiger partial charge in [0.2, 0.25) is 6.79 Å². The lowest BCUT2D eigenvalue weighted by atomic mass is 9.87. The van der Waals surface area contributed by atoms with Crippen LogP contribution in [-0.2, 0) is 23.1 Å². The molecule has 0 saturated heterocycles. The second-order valence-corrected chi connectivity index (χ2v) is 8.00. The van der Waals surface area contributed by atoms with E-state index in [4.69, 9.17) is 9.47 Å². The second-order valence-electron chi connectivity index (χ2n) is 8.00. The Morgan fingerprint density at radius 3 is 2.07 bits per heavy atom. The summed E-state index contributed by atoms with van der Waals surface area (Å²) in [6.07, 6.45) is 3.33. The smallest absolute Gasteiger partial charge is 0.231 e. The van der Waals surface area contributed by atoms with E-state index in [0.29, 0.717) is 6.42 Å². The number of ketones is 1. The highest BCUT2D eigenvalue weighted by Crippen LogP contribution is 2.51. The Hall–Kier alpha value is -3.07. The molecule has 0 unspecified atom stereocenters. The zero-order valence-corrected chi connectivity index (χ0v) is 16.6. The molecule has 0 spiro atoms. The molecular formula is C26H24O3. The van der Waals surface area contributed by atoms with Crippen LogP contribution in [0, 0.1) is 0 Å². The lowest BCUT2D eigenvalue weighted by Crippen LogP contribution is -2.22. The van der Waals surface area contributed by atoms with Crippen LogP contribution in [-0.4, -0.2) is 12.6 Å². The normalized spacial score (nSPS) is 15.9. The van der Waals surface area contributed by atoms with Crippen LogP contribution in [0.4, 0.5) is 0 Å². The van der Waals surface area contributed by atoms with E-state index in [1.165, 1.54) is 16.7 Å². The first kappa shape index (κ1) is 18.0. The monoisotopic (exact) mass is 384 g/mol. The lowest BCUT2D eigenvalue weighted by molar-refractivity contribution is -0.120. The molecule has 1 heterocycles. The molecule has 5 rings (SSSR count). The molecule has 2 aliphatic rings. The number of aryl methyl sites for hydroxylation is 1. The SMILES string of the molecule is CCc1ccc(-c2ccc(CC(=O)C3(c4ccc5c(c4)OCO5)CC3)cc2)cc1. The fourth-order valence-corrected chi connectivity index (χ4v) is 4.15. The van der Waals surface area contributed by atoms with Gasteiger partial charge in [0.25, 0.3) is 0 Å². The lowest BCUT2D eigenvalue weighted by Gasteiger charge is -2.15. The standard InChI is InChI=1S/C26H24O3/c1-2-18-3-7-20(8-4-18)21-9-5-19(6-10-21)15-25(27)26(13-14-26)22-11-12-23-24(16-22)29-17-28-23/h3-12,16H,2,13-15,17H2,1H3. The number of fused-ring (bicyclic) bond motifs is 1. The predicted octanol–water partition coefficient (Wildman–Crippen LogP) is 5.49. The Bertz CT molecular complexity index is 1040. The molecular weight excluding hydrogens is 360 g/mol. The number of carbonyl (C=O) groups is 1. The fraction of sp³-hybridized carbons (Fsp3) is 0.269. The molecule has 0 amide bonds. The minimum absolute atomic E-state index is 0.257. The van der Waals surface area contributed by atoms with Gasteiger partial charge in [0.05, 0.1) is 5.41 Å². The molecule has 3 nitrogen and oxygen atoms in total. The molecule has 0 bridgehead atoms. The number of benzene rings is 3. The van der Waals surface area contributed by atoms with E-state index in [2.05, 4.69) is 55.5 Å². The van der Waals surface area contributed by atoms with Gasteiger partial charge in [-0.3, -0.25) is 4.79 Å². The average Bonchev–Trinajstić information content (AvgIpc) is 3.45. The summed E-state index contributed by atoms with van der Waals surface area (Å²) >= 11 is 0. The first-order valence-electron chi connectivity index (χ1n) is 10.3. The Kier molecular flexibility index (Phi) is 4.39. The van der Waals surface area contributed by atoms with Crippen molar-refractivity contribution in [1.29, 1.82) is 0 Å². The van der Waals surface area contributed by atoms with E-state index >= 15 is 0 Å². The van der Waals surface area contributed by atoms with Crippen LogP contribution < -0.4 is 9.47 Å². The molecule has 1 saturated carbocycles. The highest BCUT2D eigenvalue weighted by molar-refractivity contribution is 5.94. The number of hydrogen-bond acceptors (Lipinski definition) is 3. The third kappa shape index (κ3) is 3.31. The van der Waals surface area contributed by atoms with Gasteiger partial charge in [0.15, 0.2) is 11.5 Å². The molecule has 3 heteroatoms. The third-order valence-electron chi connectivity index (χ3n) is 6.22. The van der Waals surface area contributed by atoms with Gasteiger partial charge < -0.3 is 9.47 Å². The molecule has 1 fully saturated rings. The zero-order valence-electron chi connectivity index (χ0n) is 16.6. The summed E-state index contributed by atoms with van der Waals surface area (Å²) in [7, 11) is 0. The number of carbonyl (C=O) groups excluding carboxylic acids is 1. The van der Waals surface area contributed by atoms with Crippen molar-refractivity contribution < 1.29 is 14.3 Å². The van der Waals surface area contributed by atoms with Crippen molar-refractivity contribution in [1.82, 2.24) is 0 Å². The maximum Gasteiger partial charge on any atom is 0.231 e. The maximum absolute atomic E-state index is 13.2. The molecule has 0 radical (unpaired) electrons. The fourth-order valence-electron chi connectivity index (χ4n) is 4.15. The number of hydrogen-bond donors (Lipinski definition) is 0. The first-order valence-corrected chi connectivity index (χ1v) is 10.3. The van der Waals surface area contributed by atoms with Crippen molar-refractivity contribution in [3.05, 3.63) is 83.4 Å². The first-order chi connectivity index (χ1) is 14.2. The zero-order chi connectivity index (χ0) is 19.8. The van der Waals surface area contributed by atoms with Crippen LogP contribution in [0.25, 0.3) is 11.1 Å². The van der Waals surface area contributed by atoms with Crippen LogP contribution >= 0.6 is 0 Å².